The van der Waals surface area contributed by atoms with Crippen LogP contribution in [-0.4, -0.2) is 70.0 Å². The van der Waals surface area contributed by atoms with Gasteiger partial charge >= 0.3 is 11.9 Å². The van der Waals surface area contributed by atoms with Crippen LogP contribution in [0.5, 0.6) is 0 Å². The molecule has 10 heteroatoms. The predicted octanol–water partition coefficient (Wildman–Crippen LogP) is 19.5. The highest BCUT2D eigenvalue weighted by molar-refractivity contribution is 7.45. The Morgan fingerprint density at radius 1 is 0.410 bits per heavy atom. The largest absolute Gasteiger partial charge is 0.756 e. The molecule has 9 nitrogen and oxygen atoms in total. The molecular formula is C68H118NO8P. The summed E-state index contributed by atoms with van der Waals surface area (Å²) >= 11 is 0. The average molecular weight is 1110 g/mol. The molecule has 0 aliphatic rings. The zero-order chi connectivity index (χ0) is 57.0. The number of phosphoric acid groups is 1. The Bertz CT molecular complexity index is 1680. The summed E-state index contributed by atoms with van der Waals surface area (Å²) < 4.78 is 34.2. The van der Waals surface area contributed by atoms with Crippen LogP contribution in [-0.2, 0) is 32.7 Å². The molecule has 0 saturated carbocycles. The summed E-state index contributed by atoms with van der Waals surface area (Å²) in [5, 5.41) is 0. The summed E-state index contributed by atoms with van der Waals surface area (Å²) in [5.41, 5.74) is 0. The molecule has 0 aromatic rings. The molecule has 0 saturated heterocycles. The molecule has 78 heavy (non-hydrogen) atoms. The number of likely N-dealkylation sites (N-methyl/N-ethyl adjacent to an activating group) is 1. The number of allylic oxidation sites excluding steroid dienone is 18. The van der Waals surface area contributed by atoms with Gasteiger partial charge in [0.05, 0.1) is 27.7 Å². The first-order chi connectivity index (χ1) is 38.0. The van der Waals surface area contributed by atoms with Crippen LogP contribution < -0.4 is 4.89 Å². The van der Waals surface area contributed by atoms with Gasteiger partial charge in [-0.1, -0.05) is 252 Å². The molecule has 0 N–H and O–H groups in total. The van der Waals surface area contributed by atoms with Crippen molar-refractivity contribution in [3.63, 3.8) is 0 Å². The predicted molar refractivity (Wildman–Crippen MR) is 332 cm³/mol. The summed E-state index contributed by atoms with van der Waals surface area (Å²) in [4.78, 5) is 37.9. The minimum atomic E-state index is -4.65. The molecule has 0 aliphatic heterocycles. The molecule has 0 heterocycles. The standard InChI is InChI=1S/C68H118NO8P/c1-6-8-10-12-14-16-18-20-22-24-26-27-28-29-30-31-32-33-34-35-36-37-38-39-40-41-43-45-47-49-51-53-55-57-59-61-68(71)77-66(65-76-78(72,73)75-63-62-69(3,4)5)64-74-67(70)60-58-56-54-52-50-48-46-44-42-25-23-21-19-17-15-13-11-9-7-2/h8,10,14-17,20-23,26-27,29-30,32-33,42,44,66H,6-7,9,11-13,18-19,24-25,28,31,34-41,43,45-65H2,1-5H3/b10-8-,16-14-,17-15-,22-20-,23-21-,27-26-,30-29-,33-32-,44-42-. The average Bonchev–Trinajstić information content (AvgIpc) is 3.41. The highest BCUT2D eigenvalue weighted by atomic mass is 31.2. The number of rotatable bonds is 57. The zero-order valence-electron chi connectivity index (χ0n) is 50.8. The topological polar surface area (TPSA) is 111 Å². The number of carbonyl (C=O) groups is 2. The van der Waals surface area contributed by atoms with E-state index in [-0.39, 0.29) is 26.1 Å². The molecule has 0 fully saturated rings. The Morgan fingerprint density at radius 2 is 0.731 bits per heavy atom. The van der Waals surface area contributed by atoms with Crippen LogP contribution in [0, 0.1) is 0 Å². The Kier molecular flexibility index (Phi) is 55.8. The summed E-state index contributed by atoms with van der Waals surface area (Å²) in [7, 11) is 1.15. The maximum atomic E-state index is 12.8. The monoisotopic (exact) mass is 1110 g/mol. The first kappa shape index (κ1) is 74.7. The van der Waals surface area contributed by atoms with E-state index in [1.807, 2.05) is 21.1 Å². The fraction of sp³-hybridized carbons (Fsp3) is 0.706. The first-order valence-corrected chi connectivity index (χ1v) is 33.1. The van der Waals surface area contributed by atoms with Crippen LogP contribution in [0.2, 0.25) is 0 Å². The summed E-state index contributed by atoms with van der Waals surface area (Å²) in [6.07, 6.45) is 81.4. The van der Waals surface area contributed by atoms with E-state index in [2.05, 4.69) is 123 Å². The van der Waals surface area contributed by atoms with Crippen LogP contribution in [0.15, 0.2) is 109 Å². The Hall–Kier alpha value is -3.33. The maximum absolute atomic E-state index is 12.8. The molecule has 0 radical (unpaired) electrons. The van der Waals surface area contributed by atoms with Crippen LogP contribution in [0.3, 0.4) is 0 Å². The number of ether oxygens (including phenoxy) is 2. The van der Waals surface area contributed by atoms with E-state index < -0.39 is 32.5 Å². The van der Waals surface area contributed by atoms with Gasteiger partial charge in [-0.25, -0.2) is 0 Å². The molecular weight excluding hydrogens is 990 g/mol. The van der Waals surface area contributed by atoms with Gasteiger partial charge in [-0.2, -0.15) is 0 Å². The van der Waals surface area contributed by atoms with Gasteiger partial charge in [0.15, 0.2) is 6.10 Å². The number of unbranched alkanes of at least 4 members (excludes halogenated alkanes) is 25. The lowest BCUT2D eigenvalue weighted by Gasteiger charge is -2.28. The summed E-state index contributed by atoms with van der Waals surface area (Å²) in [6.45, 7) is 4.09. The normalized spacial score (nSPS) is 14.0. The van der Waals surface area contributed by atoms with Crippen molar-refractivity contribution in [2.24, 2.45) is 0 Å². The molecule has 2 unspecified atom stereocenters. The van der Waals surface area contributed by atoms with Crippen molar-refractivity contribution in [2.75, 3.05) is 47.5 Å². The number of carbonyl (C=O) groups excluding carboxylic acids is 2. The van der Waals surface area contributed by atoms with E-state index in [0.717, 1.165) is 103 Å². The van der Waals surface area contributed by atoms with Crippen molar-refractivity contribution in [3.8, 4) is 0 Å². The van der Waals surface area contributed by atoms with E-state index in [1.165, 1.54) is 116 Å². The second kappa shape index (κ2) is 58.3. The zero-order valence-corrected chi connectivity index (χ0v) is 51.7. The van der Waals surface area contributed by atoms with Crippen LogP contribution >= 0.6 is 7.82 Å². The molecule has 448 valence electrons. The summed E-state index contributed by atoms with van der Waals surface area (Å²) in [6, 6.07) is 0. The number of hydrogen-bond acceptors (Lipinski definition) is 8. The van der Waals surface area contributed by atoms with Crippen molar-refractivity contribution >= 4 is 19.8 Å². The Balaban J connectivity index is 4.08. The SMILES string of the molecule is CC/C=C\C/C=C\C/C=C\C/C=C\C/C=C\C/C=C\CCCCCCCCCCCCCCCCCCC(=O)OC(COC(=O)CCCCCCCC/C=C\C/C=C\C/C=C\CCCCC)COP(=O)([O-])OCC[N+](C)(C)C. The smallest absolute Gasteiger partial charge is 0.306 e. The molecule has 2 atom stereocenters. The number of hydrogen-bond donors (Lipinski definition) is 0. The van der Waals surface area contributed by atoms with Gasteiger partial charge < -0.3 is 27.9 Å². The number of nitrogens with zero attached hydrogens (tertiary/aromatic N) is 1. The fourth-order valence-electron chi connectivity index (χ4n) is 8.43. The third kappa shape index (κ3) is 61.9. The number of esters is 2. The number of quaternary nitrogens is 1. The Morgan fingerprint density at radius 3 is 1.09 bits per heavy atom. The van der Waals surface area contributed by atoms with Gasteiger partial charge in [0, 0.05) is 12.8 Å². The third-order valence-corrected chi connectivity index (χ3v) is 14.2. The molecule has 0 amide bonds. The van der Waals surface area contributed by atoms with E-state index in [4.69, 9.17) is 18.5 Å². The molecule has 0 aliphatic carbocycles. The molecule has 0 aromatic carbocycles. The summed E-state index contributed by atoms with van der Waals surface area (Å²) in [5.74, 6) is -0.847. The molecule has 0 bridgehead atoms. The van der Waals surface area contributed by atoms with Crippen molar-refractivity contribution in [1.82, 2.24) is 0 Å². The first-order valence-electron chi connectivity index (χ1n) is 31.6. The highest BCUT2D eigenvalue weighted by Crippen LogP contribution is 2.38. The van der Waals surface area contributed by atoms with Crippen molar-refractivity contribution < 1.29 is 42.1 Å². The maximum Gasteiger partial charge on any atom is 0.306 e. The second-order valence-electron chi connectivity index (χ2n) is 22.0. The van der Waals surface area contributed by atoms with Gasteiger partial charge in [0.25, 0.3) is 7.82 Å². The number of phosphoric ester groups is 1. The van der Waals surface area contributed by atoms with Crippen molar-refractivity contribution in [3.05, 3.63) is 109 Å². The van der Waals surface area contributed by atoms with Crippen LogP contribution in [0.1, 0.15) is 258 Å². The van der Waals surface area contributed by atoms with E-state index in [9.17, 15) is 19.0 Å². The molecule has 0 spiro atoms. The molecule has 0 aromatic heterocycles. The molecule has 0 rings (SSSR count). The van der Waals surface area contributed by atoms with Crippen LogP contribution in [0.25, 0.3) is 0 Å². The van der Waals surface area contributed by atoms with E-state index in [1.54, 1.807) is 0 Å². The minimum absolute atomic E-state index is 0.0369. The van der Waals surface area contributed by atoms with Crippen molar-refractivity contribution in [1.29, 1.82) is 0 Å². The lowest BCUT2D eigenvalue weighted by Crippen LogP contribution is -2.37. The van der Waals surface area contributed by atoms with E-state index >= 15 is 0 Å². The quantitative estimate of drug-likeness (QED) is 0.0195. The fourth-order valence-corrected chi connectivity index (χ4v) is 9.16. The van der Waals surface area contributed by atoms with Gasteiger partial charge in [0.1, 0.15) is 19.8 Å². The lowest BCUT2D eigenvalue weighted by atomic mass is 10.0. The van der Waals surface area contributed by atoms with Gasteiger partial charge in [0.2, 0.25) is 0 Å². The highest BCUT2D eigenvalue weighted by Gasteiger charge is 2.22. The van der Waals surface area contributed by atoms with E-state index in [0.29, 0.717) is 23.9 Å². The van der Waals surface area contributed by atoms with Gasteiger partial charge in [-0.05, 0) is 103 Å². The Labute approximate surface area is 480 Å². The minimum Gasteiger partial charge on any atom is -0.756 e. The van der Waals surface area contributed by atoms with Crippen LogP contribution in [0.4, 0.5) is 0 Å². The van der Waals surface area contributed by atoms with Crippen molar-refractivity contribution in [2.45, 2.75) is 264 Å². The van der Waals surface area contributed by atoms with Gasteiger partial charge in [-0.3, -0.25) is 14.2 Å². The second-order valence-corrected chi connectivity index (χ2v) is 23.4. The third-order valence-electron chi connectivity index (χ3n) is 13.3. The van der Waals surface area contributed by atoms with Gasteiger partial charge in [-0.15, -0.1) is 0 Å². The lowest BCUT2D eigenvalue weighted by molar-refractivity contribution is -0.870.